The van der Waals surface area contributed by atoms with Gasteiger partial charge in [0.25, 0.3) is 0 Å². The van der Waals surface area contributed by atoms with Crippen molar-refractivity contribution in [3.63, 3.8) is 0 Å². The van der Waals surface area contributed by atoms with Gasteiger partial charge in [0.15, 0.2) is 5.96 Å². The molecule has 1 aromatic rings. The lowest BCUT2D eigenvalue weighted by atomic mass is 10.1. The molecule has 0 unspecified atom stereocenters. The van der Waals surface area contributed by atoms with Gasteiger partial charge in [0.2, 0.25) is 5.91 Å². The molecule has 0 aromatic carbocycles. The number of pyridine rings is 1. The van der Waals surface area contributed by atoms with E-state index >= 15 is 0 Å². The summed E-state index contributed by atoms with van der Waals surface area (Å²) in [5, 5.41) is 9.11. The van der Waals surface area contributed by atoms with Gasteiger partial charge in [-0.05, 0) is 51.3 Å². The van der Waals surface area contributed by atoms with Crippen LogP contribution in [-0.4, -0.2) is 42.5 Å². The first kappa shape index (κ1) is 17.9. The number of hydrogen-bond donors (Lipinski definition) is 3. The zero-order chi connectivity index (χ0) is 16.6. The fourth-order valence-corrected chi connectivity index (χ4v) is 1.95. The van der Waals surface area contributed by atoms with Gasteiger partial charge in [-0.3, -0.25) is 14.8 Å². The highest BCUT2D eigenvalue weighted by molar-refractivity contribution is 5.86. The van der Waals surface area contributed by atoms with E-state index in [1.807, 2.05) is 40.0 Å². The zero-order valence-electron chi connectivity index (χ0n) is 14.2. The zero-order valence-corrected chi connectivity index (χ0v) is 14.2. The van der Waals surface area contributed by atoms with Gasteiger partial charge < -0.3 is 16.0 Å². The molecule has 0 saturated carbocycles. The Morgan fingerprint density at radius 3 is 2.64 bits per heavy atom. The molecule has 6 nitrogen and oxygen atoms in total. The summed E-state index contributed by atoms with van der Waals surface area (Å²) in [5.41, 5.74) is 2.20. The van der Waals surface area contributed by atoms with Gasteiger partial charge in [0, 0.05) is 31.5 Å². The Labute approximate surface area is 132 Å². The lowest BCUT2D eigenvalue weighted by molar-refractivity contribution is -0.121. The molecule has 0 spiro atoms. The Morgan fingerprint density at radius 1 is 1.32 bits per heavy atom. The lowest BCUT2D eigenvalue weighted by Crippen LogP contribution is -2.48. The Bertz CT molecular complexity index is 520. The van der Waals surface area contributed by atoms with Crippen molar-refractivity contribution in [2.24, 2.45) is 4.99 Å². The van der Waals surface area contributed by atoms with Crippen LogP contribution in [0.5, 0.6) is 0 Å². The van der Waals surface area contributed by atoms with Crippen molar-refractivity contribution in [3.8, 4) is 0 Å². The number of carbonyl (C=O) groups is 1. The molecule has 1 rings (SSSR count). The standard InChI is InChI=1S/C16H27N5O/c1-12-10-18-8-6-13(12)7-9-19-15(17-5)20-11-14(22)21-16(2,3)4/h6,8,10H,7,9,11H2,1-5H3,(H,21,22)(H2,17,19,20). The quantitative estimate of drug-likeness (QED) is 0.560. The van der Waals surface area contributed by atoms with Crippen LogP contribution >= 0.6 is 0 Å². The van der Waals surface area contributed by atoms with Crippen LogP contribution < -0.4 is 16.0 Å². The number of hydrogen-bond acceptors (Lipinski definition) is 3. The molecular weight excluding hydrogens is 278 g/mol. The van der Waals surface area contributed by atoms with Gasteiger partial charge in [0.1, 0.15) is 0 Å². The molecule has 22 heavy (non-hydrogen) atoms. The summed E-state index contributed by atoms with van der Waals surface area (Å²) >= 11 is 0. The minimum Gasteiger partial charge on any atom is -0.356 e. The highest BCUT2D eigenvalue weighted by atomic mass is 16.2. The van der Waals surface area contributed by atoms with E-state index < -0.39 is 0 Å². The Kier molecular flexibility index (Phi) is 6.82. The van der Waals surface area contributed by atoms with Crippen LogP contribution in [0.2, 0.25) is 0 Å². The number of rotatable bonds is 5. The third kappa shape index (κ3) is 7.06. The molecule has 1 aromatic heterocycles. The summed E-state index contributed by atoms with van der Waals surface area (Å²) in [4.78, 5) is 19.9. The second-order valence-electron chi connectivity index (χ2n) is 6.20. The molecule has 1 heterocycles. The maximum Gasteiger partial charge on any atom is 0.239 e. The van der Waals surface area contributed by atoms with Gasteiger partial charge in [-0.25, -0.2) is 0 Å². The van der Waals surface area contributed by atoms with Crippen molar-refractivity contribution in [2.45, 2.75) is 39.7 Å². The molecule has 122 valence electrons. The van der Waals surface area contributed by atoms with Gasteiger partial charge >= 0.3 is 0 Å². The number of aryl methyl sites for hydroxylation is 1. The third-order valence-corrected chi connectivity index (χ3v) is 2.98. The molecule has 1 amide bonds. The normalized spacial score (nSPS) is 12.0. The largest absolute Gasteiger partial charge is 0.356 e. The molecular formula is C16H27N5O. The summed E-state index contributed by atoms with van der Waals surface area (Å²) in [6.45, 7) is 8.85. The minimum atomic E-state index is -0.228. The third-order valence-electron chi connectivity index (χ3n) is 2.98. The molecule has 0 atom stereocenters. The molecule has 0 aliphatic rings. The summed E-state index contributed by atoms with van der Waals surface area (Å²) in [6, 6.07) is 2.02. The van der Waals surface area contributed by atoms with Crippen LogP contribution in [0.4, 0.5) is 0 Å². The number of carbonyl (C=O) groups excluding carboxylic acids is 1. The molecule has 0 fully saturated rings. The van der Waals surface area contributed by atoms with Crippen LogP contribution in [-0.2, 0) is 11.2 Å². The fourth-order valence-electron chi connectivity index (χ4n) is 1.95. The average molecular weight is 305 g/mol. The van der Waals surface area contributed by atoms with E-state index in [-0.39, 0.29) is 18.0 Å². The highest BCUT2D eigenvalue weighted by Gasteiger charge is 2.13. The molecule has 0 radical (unpaired) electrons. The molecule has 6 heteroatoms. The topological polar surface area (TPSA) is 78.4 Å². The minimum absolute atomic E-state index is 0.0552. The number of guanidine groups is 1. The Morgan fingerprint density at radius 2 is 2.05 bits per heavy atom. The number of aliphatic imine (C=N–C) groups is 1. The van der Waals surface area contributed by atoms with Gasteiger partial charge in [-0.15, -0.1) is 0 Å². The summed E-state index contributed by atoms with van der Waals surface area (Å²) in [5.74, 6) is 0.566. The monoisotopic (exact) mass is 305 g/mol. The van der Waals surface area contributed by atoms with Crippen molar-refractivity contribution in [1.29, 1.82) is 0 Å². The van der Waals surface area contributed by atoms with Crippen molar-refractivity contribution in [3.05, 3.63) is 29.6 Å². The smallest absolute Gasteiger partial charge is 0.239 e. The van der Waals surface area contributed by atoms with Gasteiger partial charge in [-0.2, -0.15) is 0 Å². The van der Waals surface area contributed by atoms with Crippen LogP contribution in [0.15, 0.2) is 23.5 Å². The average Bonchev–Trinajstić information content (AvgIpc) is 2.42. The van der Waals surface area contributed by atoms with Crippen LogP contribution in [0, 0.1) is 6.92 Å². The van der Waals surface area contributed by atoms with E-state index in [0.29, 0.717) is 5.96 Å². The molecule has 0 aliphatic carbocycles. The molecule has 3 N–H and O–H groups in total. The van der Waals surface area contributed by atoms with E-state index in [4.69, 9.17) is 0 Å². The van der Waals surface area contributed by atoms with Gasteiger partial charge in [0.05, 0.1) is 6.54 Å². The van der Waals surface area contributed by atoms with Crippen LogP contribution in [0.1, 0.15) is 31.9 Å². The van der Waals surface area contributed by atoms with E-state index in [2.05, 4.69) is 25.9 Å². The maximum atomic E-state index is 11.8. The van der Waals surface area contributed by atoms with E-state index in [9.17, 15) is 4.79 Å². The fraction of sp³-hybridized carbons (Fsp3) is 0.562. The van der Waals surface area contributed by atoms with E-state index in [1.165, 1.54) is 11.1 Å². The molecule has 0 saturated heterocycles. The maximum absolute atomic E-state index is 11.8. The van der Waals surface area contributed by atoms with Crippen molar-refractivity contribution in [1.82, 2.24) is 20.9 Å². The van der Waals surface area contributed by atoms with E-state index in [1.54, 1.807) is 13.2 Å². The summed E-state index contributed by atoms with van der Waals surface area (Å²) < 4.78 is 0. The summed E-state index contributed by atoms with van der Waals surface area (Å²) in [6.07, 6.45) is 4.54. The van der Waals surface area contributed by atoms with Gasteiger partial charge in [-0.1, -0.05) is 0 Å². The highest BCUT2D eigenvalue weighted by Crippen LogP contribution is 2.04. The number of nitrogens with zero attached hydrogens (tertiary/aromatic N) is 2. The molecule has 0 aliphatic heterocycles. The van der Waals surface area contributed by atoms with Crippen LogP contribution in [0.3, 0.4) is 0 Å². The van der Waals surface area contributed by atoms with Crippen LogP contribution in [0.25, 0.3) is 0 Å². The second-order valence-corrected chi connectivity index (χ2v) is 6.20. The van der Waals surface area contributed by atoms with Crippen molar-refractivity contribution in [2.75, 3.05) is 20.1 Å². The number of aromatic nitrogens is 1. The number of amides is 1. The van der Waals surface area contributed by atoms with Crippen molar-refractivity contribution < 1.29 is 4.79 Å². The van der Waals surface area contributed by atoms with Crippen molar-refractivity contribution >= 4 is 11.9 Å². The van der Waals surface area contributed by atoms with E-state index in [0.717, 1.165) is 13.0 Å². The predicted octanol–water partition coefficient (Wildman–Crippen LogP) is 1.01. The first-order valence-electron chi connectivity index (χ1n) is 7.47. The predicted molar refractivity (Wildman–Crippen MR) is 89.9 cm³/mol. The number of nitrogens with one attached hydrogen (secondary N) is 3. The first-order valence-corrected chi connectivity index (χ1v) is 7.47. The Balaban J connectivity index is 2.34. The first-order chi connectivity index (χ1) is 10.3. The Hall–Kier alpha value is -2.11. The SMILES string of the molecule is CN=C(NCCc1ccncc1C)NCC(=O)NC(C)(C)C. The molecule has 0 bridgehead atoms. The summed E-state index contributed by atoms with van der Waals surface area (Å²) in [7, 11) is 1.69. The lowest BCUT2D eigenvalue weighted by Gasteiger charge is -2.21. The second kappa shape index (κ2) is 8.36.